The van der Waals surface area contributed by atoms with Crippen molar-refractivity contribution < 1.29 is 9.90 Å². The first-order valence-corrected chi connectivity index (χ1v) is 5.98. The van der Waals surface area contributed by atoms with Crippen molar-refractivity contribution >= 4 is 11.8 Å². The molecular weight excluding hydrogens is 242 g/mol. The van der Waals surface area contributed by atoms with E-state index in [1.54, 1.807) is 6.92 Å². The van der Waals surface area contributed by atoms with Crippen LogP contribution < -0.4 is 5.73 Å². The van der Waals surface area contributed by atoms with Gasteiger partial charge in [-0.25, -0.2) is 14.8 Å². The number of hydrogen-bond donors (Lipinski definition) is 2. The predicted molar refractivity (Wildman–Crippen MR) is 72.0 cm³/mol. The first-order chi connectivity index (χ1) is 9.08. The van der Waals surface area contributed by atoms with Crippen molar-refractivity contribution in [1.29, 1.82) is 0 Å². The molecule has 5 heteroatoms. The number of nitrogen functional groups attached to an aromatic ring is 1. The first kappa shape index (κ1) is 13.0. The molecule has 2 rings (SSSR count). The van der Waals surface area contributed by atoms with E-state index in [2.05, 4.69) is 9.97 Å². The quantitative estimate of drug-likeness (QED) is 0.872. The molecule has 0 atom stereocenters. The average molecular weight is 257 g/mol. The number of aryl methyl sites for hydroxylation is 3. The molecule has 0 aliphatic carbocycles. The summed E-state index contributed by atoms with van der Waals surface area (Å²) in [5.41, 5.74) is 7.24. The minimum atomic E-state index is -1.09. The highest BCUT2D eigenvalue weighted by atomic mass is 16.4. The molecule has 19 heavy (non-hydrogen) atoms. The molecule has 0 fully saturated rings. The van der Waals surface area contributed by atoms with Crippen LogP contribution in [0.25, 0.3) is 0 Å². The summed E-state index contributed by atoms with van der Waals surface area (Å²) in [6, 6.07) is 9.97. The summed E-state index contributed by atoms with van der Waals surface area (Å²) in [6.07, 6.45) is 1.43. The van der Waals surface area contributed by atoms with Gasteiger partial charge in [-0.1, -0.05) is 30.3 Å². The fourth-order valence-corrected chi connectivity index (χ4v) is 1.93. The van der Waals surface area contributed by atoms with Gasteiger partial charge in [-0.15, -0.1) is 0 Å². The lowest BCUT2D eigenvalue weighted by atomic mass is 10.1. The van der Waals surface area contributed by atoms with Crippen molar-refractivity contribution in [3.05, 3.63) is 53.0 Å². The van der Waals surface area contributed by atoms with Crippen LogP contribution in [0.1, 0.15) is 27.4 Å². The summed E-state index contributed by atoms with van der Waals surface area (Å²) in [6.45, 7) is 1.63. The summed E-state index contributed by atoms with van der Waals surface area (Å²) >= 11 is 0. The van der Waals surface area contributed by atoms with Crippen LogP contribution in [0.5, 0.6) is 0 Å². The van der Waals surface area contributed by atoms with Gasteiger partial charge in [0.25, 0.3) is 0 Å². The van der Waals surface area contributed by atoms with Crippen LogP contribution in [0.2, 0.25) is 0 Å². The normalized spacial score (nSPS) is 10.4. The molecule has 3 N–H and O–H groups in total. The molecule has 1 heterocycles. The van der Waals surface area contributed by atoms with Crippen LogP contribution in [-0.4, -0.2) is 21.0 Å². The second kappa shape index (κ2) is 5.48. The lowest BCUT2D eigenvalue weighted by Crippen LogP contribution is -2.12. The summed E-state index contributed by atoms with van der Waals surface area (Å²) in [5.74, 6) is -0.489. The van der Waals surface area contributed by atoms with Crippen molar-refractivity contribution in [3.63, 3.8) is 0 Å². The Morgan fingerprint density at radius 2 is 1.89 bits per heavy atom. The molecule has 0 saturated carbocycles. The first-order valence-electron chi connectivity index (χ1n) is 5.98. The molecule has 5 nitrogen and oxygen atoms in total. The van der Waals surface area contributed by atoms with E-state index in [1.165, 1.54) is 5.56 Å². The standard InChI is InChI=1S/C14H15N3O2/c1-9-12(14(18)19)13(15)17-11(16-9)8-7-10-5-3-2-4-6-10/h2-6H,7-8H2,1H3,(H,18,19)(H2,15,16,17). The predicted octanol–water partition coefficient (Wildman–Crippen LogP) is 1.85. The highest BCUT2D eigenvalue weighted by Crippen LogP contribution is 2.14. The number of rotatable bonds is 4. The lowest BCUT2D eigenvalue weighted by Gasteiger charge is -2.07. The zero-order chi connectivity index (χ0) is 13.8. The molecular formula is C14H15N3O2. The van der Waals surface area contributed by atoms with E-state index < -0.39 is 5.97 Å². The van der Waals surface area contributed by atoms with E-state index in [4.69, 9.17) is 10.8 Å². The Morgan fingerprint density at radius 1 is 1.21 bits per heavy atom. The fraction of sp³-hybridized carbons (Fsp3) is 0.214. The SMILES string of the molecule is Cc1nc(CCc2ccccc2)nc(N)c1C(=O)O. The summed E-state index contributed by atoms with van der Waals surface area (Å²) < 4.78 is 0. The molecule has 1 aromatic heterocycles. The number of aromatic carboxylic acids is 1. The second-order valence-corrected chi connectivity index (χ2v) is 4.28. The number of aromatic nitrogens is 2. The van der Waals surface area contributed by atoms with Gasteiger partial charge in [0.05, 0.1) is 5.69 Å². The van der Waals surface area contributed by atoms with E-state index >= 15 is 0 Å². The van der Waals surface area contributed by atoms with Crippen molar-refractivity contribution in [2.45, 2.75) is 19.8 Å². The van der Waals surface area contributed by atoms with Gasteiger partial charge in [-0.2, -0.15) is 0 Å². The molecule has 0 aliphatic heterocycles. The minimum Gasteiger partial charge on any atom is -0.477 e. The highest BCUT2D eigenvalue weighted by Gasteiger charge is 2.15. The number of nitrogens with two attached hydrogens (primary N) is 1. The van der Waals surface area contributed by atoms with Crippen LogP contribution in [0.15, 0.2) is 30.3 Å². The average Bonchev–Trinajstić information content (AvgIpc) is 2.36. The third kappa shape index (κ3) is 3.07. The van der Waals surface area contributed by atoms with Gasteiger partial charge in [0.15, 0.2) is 0 Å². The molecule has 0 saturated heterocycles. The number of nitrogens with zero attached hydrogens (tertiary/aromatic N) is 2. The number of benzene rings is 1. The smallest absolute Gasteiger partial charge is 0.341 e. The van der Waals surface area contributed by atoms with E-state index in [1.807, 2.05) is 30.3 Å². The van der Waals surface area contributed by atoms with E-state index in [-0.39, 0.29) is 11.4 Å². The Balaban J connectivity index is 2.16. The van der Waals surface area contributed by atoms with Gasteiger partial charge in [0, 0.05) is 6.42 Å². The van der Waals surface area contributed by atoms with Gasteiger partial charge in [-0.3, -0.25) is 0 Å². The topological polar surface area (TPSA) is 89.1 Å². The molecule has 0 unspecified atom stereocenters. The molecule has 0 aliphatic rings. The summed E-state index contributed by atoms with van der Waals surface area (Å²) in [7, 11) is 0. The van der Waals surface area contributed by atoms with Crippen LogP contribution in [-0.2, 0) is 12.8 Å². The number of carboxylic acids is 1. The third-order valence-corrected chi connectivity index (χ3v) is 2.86. The maximum absolute atomic E-state index is 11.0. The highest BCUT2D eigenvalue weighted by molar-refractivity contribution is 5.93. The third-order valence-electron chi connectivity index (χ3n) is 2.86. The van der Waals surface area contributed by atoms with E-state index in [9.17, 15) is 4.79 Å². The van der Waals surface area contributed by atoms with Gasteiger partial charge >= 0.3 is 5.97 Å². The Labute approximate surface area is 111 Å². The number of carbonyl (C=O) groups is 1. The van der Waals surface area contributed by atoms with Gasteiger partial charge in [-0.05, 0) is 18.9 Å². The molecule has 98 valence electrons. The number of carboxylic acid groups (broad SMARTS) is 1. The van der Waals surface area contributed by atoms with Crippen LogP contribution in [0, 0.1) is 6.92 Å². The zero-order valence-electron chi connectivity index (χ0n) is 10.6. The minimum absolute atomic E-state index is 0.0107. The van der Waals surface area contributed by atoms with Crippen molar-refractivity contribution in [2.75, 3.05) is 5.73 Å². The molecule has 0 radical (unpaired) electrons. The zero-order valence-corrected chi connectivity index (χ0v) is 10.6. The molecule has 0 spiro atoms. The lowest BCUT2D eigenvalue weighted by molar-refractivity contribution is 0.0696. The number of anilines is 1. The Morgan fingerprint density at radius 3 is 2.47 bits per heavy atom. The molecule has 2 aromatic rings. The maximum atomic E-state index is 11.0. The second-order valence-electron chi connectivity index (χ2n) is 4.28. The summed E-state index contributed by atoms with van der Waals surface area (Å²) in [4.78, 5) is 19.2. The molecule has 1 aromatic carbocycles. The molecule has 0 amide bonds. The van der Waals surface area contributed by atoms with Crippen LogP contribution in [0.3, 0.4) is 0 Å². The van der Waals surface area contributed by atoms with Crippen LogP contribution in [0.4, 0.5) is 5.82 Å². The van der Waals surface area contributed by atoms with Gasteiger partial charge in [0.2, 0.25) is 0 Å². The fourth-order valence-electron chi connectivity index (χ4n) is 1.93. The Kier molecular flexibility index (Phi) is 3.75. The van der Waals surface area contributed by atoms with Crippen LogP contribution >= 0.6 is 0 Å². The Hall–Kier alpha value is -2.43. The van der Waals surface area contributed by atoms with Crippen molar-refractivity contribution in [1.82, 2.24) is 9.97 Å². The maximum Gasteiger partial charge on any atom is 0.341 e. The van der Waals surface area contributed by atoms with E-state index in [0.29, 0.717) is 17.9 Å². The monoisotopic (exact) mass is 257 g/mol. The van der Waals surface area contributed by atoms with Gasteiger partial charge in [0.1, 0.15) is 17.2 Å². The van der Waals surface area contributed by atoms with Gasteiger partial charge < -0.3 is 10.8 Å². The van der Waals surface area contributed by atoms with Crippen molar-refractivity contribution in [2.24, 2.45) is 0 Å². The number of hydrogen-bond acceptors (Lipinski definition) is 4. The Bertz CT molecular complexity index is 574. The summed E-state index contributed by atoms with van der Waals surface area (Å²) in [5, 5.41) is 8.99. The van der Waals surface area contributed by atoms with E-state index in [0.717, 1.165) is 6.42 Å². The van der Waals surface area contributed by atoms with Crippen molar-refractivity contribution in [3.8, 4) is 0 Å². The molecule has 0 bridgehead atoms. The largest absolute Gasteiger partial charge is 0.477 e.